The van der Waals surface area contributed by atoms with Crippen molar-refractivity contribution in [1.29, 1.82) is 0 Å². The topological polar surface area (TPSA) is 116 Å². The third-order valence-corrected chi connectivity index (χ3v) is 17.1. The molecule has 0 aliphatic rings. The highest BCUT2D eigenvalue weighted by Gasteiger charge is 2.32. The number of fused-ring (bicyclic) bond motifs is 4. The summed E-state index contributed by atoms with van der Waals surface area (Å²) < 4.78 is 0. The van der Waals surface area contributed by atoms with E-state index in [1.165, 1.54) is 0 Å². The van der Waals surface area contributed by atoms with Crippen LogP contribution in [0.1, 0.15) is 22.3 Å². The average Bonchev–Trinajstić information content (AvgIpc) is 0.942. The Morgan fingerprint density at radius 2 is 0.443 bits per heavy atom. The van der Waals surface area contributed by atoms with Crippen LogP contribution >= 0.6 is 0 Å². The van der Waals surface area contributed by atoms with E-state index in [1.807, 2.05) is 98.1 Å². The molecule has 12 heteroatoms. The maximum absolute atomic E-state index is 5.12. The van der Waals surface area contributed by atoms with Crippen molar-refractivity contribution in [2.45, 2.75) is 27.7 Å². The first-order valence-corrected chi connectivity index (χ1v) is 29.4. The van der Waals surface area contributed by atoms with Gasteiger partial charge in [-0.1, -0.05) is 97.1 Å². The van der Waals surface area contributed by atoms with Gasteiger partial charge in [-0.05, 0) is 159 Å². The summed E-state index contributed by atoms with van der Waals surface area (Å²) in [7, 11) is 0. The Labute approximate surface area is 507 Å². The van der Waals surface area contributed by atoms with Crippen LogP contribution in [0.2, 0.25) is 0 Å². The Bertz CT molecular complexity index is 4730. The minimum Gasteiger partial charge on any atom is -0.307 e. The Balaban J connectivity index is 1.15. The van der Waals surface area contributed by atoms with Gasteiger partial charge in [-0.15, -0.1) is 0 Å². The van der Waals surface area contributed by atoms with Crippen molar-refractivity contribution in [3.63, 3.8) is 0 Å². The summed E-state index contributed by atoms with van der Waals surface area (Å²) >= 11 is 0. The molecule has 88 heavy (non-hydrogen) atoms. The van der Waals surface area contributed by atoms with E-state index < -0.39 is 0 Å². The van der Waals surface area contributed by atoms with Crippen molar-refractivity contribution in [3.05, 3.63) is 278 Å². The molecule has 8 aromatic carbocycles. The molecule has 0 unspecified atom stereocenters. The van der Waals surface area contributed by atoms with Crippen molar-refractivity contribution in [1.82, 2.24) is 39.9 Å². The van der Waals surface area contributed by atoms with Crippen LogP contribution in [0.5, 0.6) is 0 Å². The number of nitrogens with zero attached hydrogens (tertiary/aromatic N) is 12. The number of benzene rings is 8. The van der Waals surface area contributed by atoms with Crippen LogP contribution in [-0.4, -0.2) is 39.9 Å². The minimum atomic E-state index is 0.768. The fourth-order valence-corrected chi connectivity index (χ4v) is 13.1. The summed E-state index contributed by atoms with van der Waals surface area (Å²) in [4.78, 5) is 49.6. The van der Waals surface area contributed by atoms with Crippen LogP contribution in [0.3, 0.4) is 0 Å². The summed E-state index contributed by atoms with van der Waals surface area (Å²) in [5.74, 6) is 0. The lowest BCUT2D eigenvalue weighted by Gasteiger charge is -2.35. The molecule has 418 valence electrons. The molecule has 0 atom stereocenters. The second kappa shape index (κ2) is 21.1. The van der Waals surface area contributed by atoms with Crippen molar-refractivity contribution >= 4 is 145 Å². The van der Waals surface area contributed by atoms with Crippen molar-refractivity contribution < 1.29 is 0 Å². The molecule has 0 amide bonds. The monoisotopic (exact) mass is 1130 g/mol. The van der Waals surface area contributed by atoms with E-state index in [4.69, 9.17) is 39.9 Å². The number of para-hydroxylation sites is 4. The molecule has 0 saturated carbocycles. The standard InChI is InChI=1S/C76H54N12/c1-47-17-5-9-25-59(47)85(63-33-41-77-55-21-13-37-81-73(55)63)67-45-68(86(60-26-10-6-18-48(60)2)64-34-42-78-56-22-14-38-82-74(56)64)52-31-32-54-70(88(62-28-12-8-20-50(62)4)66-36-44-80-58-24-16-40-84-76(58)66)46-69(53-30-29-51(67)71(52)72(53)54)87(61-27-11-7-19-49(61)3)65-35-43-79-57-23-15-39-83-75(57)65/h5-46H,1-4H3. The summed E-state index contributed by atoms with van der Waals surface area (Å²) in [5, 5.41) is 6.16. The van der Waals surface area contributed by atoms with E-state index in [1.54, 1.807) is 0 Å². The highest BCUT2D eigenvalue weighted by atomic mass is 15.2. The van der Waals surface area contributed by atoms with Gasteiger partial charge in [0.15, 0.2) is 0 Å². The molecular formula is C76H54N12. The fraction of sp³-hybridized carbons (Fsp3) is 0.0526. The lowest BCUT2D eigenvalue weighted by Crippen LogP contribution is -2.18. The van der Waals surface area contributed by atoms with Crippen LogP contribution in [-0.2, 0) is 0 Å². The highest BCUT2D eigenvalue weighted by Crippen LogP contribution is 2.57. The molecule has 0 aliphatic heterocycles. The van der Waals surface area contributed by atoms with Crippen LogP contribution < -0.4 is 19.6 Å². The van der Waals surface area contributed by atoms with Gasteiger partial charge in [-0.2, -0.15) is 0 Å². The van der Waals surface area contributed by atoms with Crippen LogP contribution in [0, 0.1) is 27.7 Å². The molecule has 8 aromatic heterocycles. The Morgan fingerprint density at radius 1 is 0.205 bits per heavy atom. The number of hydrogen-bond acceptors (Lipinski definition) is 12. The zero-order chi connectivity index (χ0) is 59.0. The third kappa shape index (κ3) is 8.36. The smallest absolute Gasteiger partial charge is 0.113 e. The lowest BCUT2D eigenvalue weighted by molar-refractivity contribution is 1.22. The van der Waals surface area contributed by atoms with Crippen LogP contribution in [0.25, 0.3) is 76.5 Å². The van der Waals surface area contributed by atoms with Gasteiger partial charge in [0.2, 0.25) is 0 Å². The number of pyridine rings is 8. The average molecular weight is 1140 g/mol. The van der Waals surface area contributed by atoms with Crippen molar-refractivity contribution in [2.24, 2.45) is 0 Å². The second-order valence-corrected chi connectivity index (χ2v) is 22.2. The fourth-order valence-electron chi connectivity index (χ4n) is 13.1. The van der Waals surface area contributed by atoms with Gasteiger partial charge in [-0.3, -0.25) is 39.9 Å². The first kappa shape index (κ1) is 51.8. The summed E-state index contributed by atoms with van der Waals surface area (Å²) in [6, 6.07) is 72.8. The van der Waals surface area contributed by atoms with E-state index in [0.29, 0.717) is 0 Å². The molecular weight excluding hydrogens is 1080 g/mol. The predicted molar refractivity (Wildman–Crippen MR) is 360 cm³/mol. The van der Waals surface area contributed by atoms with Gasteiger partial charge in [0, 0.05) is 105 Å². The maximum Gasteiger partial charge on any atom is 0.113 e. The highest BCUT2D eigenvalue weighted by molar-refractivity contribution is 6.33. The third-order valence-electron chi connectivity index (χ3n) is 17.1. The normalized spacial score (nSPS) is 11.6. The number of hydrogen-bond donors (Lipinski definition) is 0. The number of aromatic nitrogens is 8. The molecule has 0 N–H and O–H groups in total. The summed E-state index contributed by atoms with van der Waals surface area (Å²) in [6.45, 7) is 8.72. The summed E-state index contributed by atoms with van der Waals surface area (Å²) in [6.07, 6.45) is 15.0. The molecule has 0 fully saturated rings. The number of rotatable bonds is 12. The molecule has 0 radical (unpaired) electrons. The SMILES string of the molecule is Cc1ccccc1N(c1cc(N(c2ccccc2C)c2ccnc3cccnc23)c2ccc3c(N(c4ccccc4C)c4ccnc5cccnc45)cc(N(c4ccccc4C)c4ccnc5cccnc45)c4ccc1c2c43)c1ccnc2cccnc12. The number of aryl methyl sites for hydroxylation is 4. The first-order chi connectivity index (χ1) is 43.4. The maximum atomic E-state index is 5.12. The largest absolute Gasteiger partial charge is 0.307 e. The molecule has 12 nitrogen and oxygen atoms in total. The van der Waals surface area contributed by atoms with Gasteiger partial charge in [0.05, 0.1) is 67.6 Å². The lowest BCUT2D eigenvalue weighted by atomic mass is 9.88. The van der Waals surface area contributed by atoms with Crippen LogP contribution in [0.4, 0.5) is 68.2 Å². The van der Waals surface area contributed by atoms with E-state index in [2.05, 4.69) is 205 Å². The number of anilines is 12. The van der Waals surface area contributed by atoms with E-state index in [0.717, 1.165) is 167 Å². The molecule has 0 bridgehead atoms. The first-order valence-electron chi connectivity index (χ1n) is 29.4. The van der Waals surface area contributed by atoms with Gasteiger partial charge in [0.1, 0.15) is 22.1 Å². The Kier molecular flexibility index (Phi) is 12.4. The van der Waals surface area contributed by atoms with Crippen LogP contribution in [0.15, 0.2) is 256 Å². The van der Waals surface area contributed by atoms with Gasteiger partial charge >= 0.3 is 0 Å². The minimum absolute atomic E-state index is 0.768. The quantitative estimate of drug-likeness (QED) is 0.108. The zero-order valence-corrected chi connectivity index (χ0v) is 48.6. The molecule has 0 aliphatic carbocycles. The summed E-state index contributed by atoms with van der Waals surface area (Å²) in [5.41, 5.74) is 21.8. The molecule has 8 heterocycles. The van der Waals surface area contributed by atoms with Crippen molar-refractivity contribution in [2.75, 3.05) is 19.6 Å². The molecule has 0 spiro atoms. The van der Waals surface area contributed by atoms with Gasteiger partial charge in [0.25, 0.3) is 0 Å². The molecule has 16 rings (SSSR count). The Morgan fingerprint density at radius 3 is 0.682 bits per heavy atom. The van der Waals surface area contributed by atoms with Gasteiger partial charge in [-0.25, -0.2) is 0 Å². The molecule has 16 aromatic rings. The predicted octanol–water partition coefficient (Wildman–Crippen LogP) is 19.5. The van der Waals surface area contributed by atoms with E-state index >= 15 is 0 Å². The zero-order valence-electron chi connectivity index (χ0n) is 48.6. The van der Waals surface area contributed by atoms with Gasteiger partial charge < -0.3 is 19.6 Å². The van der Waals surface area contributed by atoms with Crippen molar-refractivity contribution in [3.8, 4) is 0 Å². The van der Waals surface area contributed by atoms with E-state index in [9.17, 15) is 0 Å². The van der Waals surface area contributed by atoms with E-state index in [-0.39, 0.29) is 0 Å². The Hall–Kier alpha value is -11.8. The molecule has 0 saturated heterocycles. The second-order valence-electron chi connectivity index (χ2n) is 22.2.